The van der Waals surface area contributed by atoms with Gasteiger partial charge in [-0.25, -0.2) is 8.78 Å². The van der Waals surface area contributed by atoms with Crippen molar-refractivity contribution in [2.45, 2.75) is 6.29 Å². The van der Waals surface area contributed by atoms with E-state index in [-0.39, 0.29) is 36.8 Å². The van der Waals surface area contributed by atoms with Gasteiger partial charge in [-0.15, -0.1) is 0 Å². The smallest absolute Gasteiger partial charge is 0.319 e. The van der Waals surface area contributed by atoms with Crippen LogP contribution in [-0.4, -0.2) is 39.8 Å². The second-order valence-electron chi connectivity index (χ2n) is 7.78. The van der Waals surface area contributed by atoms with Gasteiger partial charge in [0.05, 0.1) is 19.7 Å². The first-order chi connectivity index (χ1) is 16.9. The molecule has 4 rings (SSSR count). The maximum Gasteiger partial charge on any atom is 0.319 e. The topological polar surface area (TPSA) is 54.0 Å². The van der Waals surface area contributed by atoms with Gasteiger partial charge in [-0.2, -0.15) is 4.39 Å². The minimum absolute atomic E-state index is 0.0838. The maximum atomic E-state index is 14.7. The molecule has 9 heteroatoms. The first kappa shape index (κ1) is 24.6. The van der Waals surface area contributed by atoms with Crippen molar-refractivity contribution < 1.29 is 36.9 Å². The minimum Gasteiger partial charge on any atom is -0.500 e. The van der Waals surface area contributed by atoms with Crippen molar-refractivity contribution in [1.29, 1.82) is 0 Å². The molecule has 0 aromatic heterocycles. The normalized spacial score (nSPS) is 17.6. The van der Waals surface area contributed by atoms with Crippen molar-refractivity contribution in [3.05, 3.63) is 84.7 Å². The van der Waals surface area contributed by atoms with Crippen LogP contribution in [0, 0.1) is 23.4 Å². The molecule has 0 bridgehead atoms. The number of carbonyl (C=O) groups is 1. The molecular formula is C26H22BF3O5. The molecule has 3 aromatic rings. The van der Waals surface area contributed by atoms with Crippen LogP contribution >= 0.6 is 0 Å². The Kier molecular flexibility index (Phi) is 7.58. The standard InChI is InChI=1S/C26H22BF3O5/c1-2-23-32-12-18(13-33-23)26(31)35-21-9-7-17(11-20(21)28)15-3-5-16(6-4-15)19-8-10-22(34-14-27)25(30)24(19)29/h2-11,18,23H,1,12-14,27H2. The quantitative estimate of drug-likeness (QED) is 0.215. The van der Waals surface area contributed by atoms with Gasteiger partial charge in [0.25, 0.3) is 0 Å². The lowest BCUT2D eigenvalue weighted by atomic mass is 9.99. The van der Waals surface area contributed by atoms with E-state index in [9.17, 15) is 18.0 Å². The molecule has 0 aliphatic carbocycles. The molecule has 180 valence electrons. The lowest BCUT2D eigenvalue weighted by Crippen LogP contribution is -2.37. The van der Waals surface area contributed by atoms with Crippen LogP contribution in [0.2, 0.25) is 0 Å². The fourth-order valence-corrected chi connectivity index (χ4v) is 3.61. The molecule has 1 aliphatic rings. The van der Waals surface area contributed by atoms with Gasteiger partial charge in [0.1, 0.15) is 5.92 Å². The van der Waals surface area contributed by atoms with E-state index >= 15 is 0 Å². The first-order valence-electron chi connectivity index (χ1n) is 11.0. The van der Waals surface area contributed by atoms with Gasteiger partial charge in [-0.05, 0) is 47.0 Å². The van der Waals surface area contributed by atoms with Crippen molar-refractivity contribution in [3.8, 4) is 33.8 Å². The molecule has 0 unspecified atom stereocenters. The van der Waals surface area contributed by atoms with E-state index in [1.54, 1.807) is 38.2 Å². The van der Waals surface area contributed by atoms with Gasteiger partial charge < -0.3 is 18.9 Å². The van der Waals surface area contributed by atoms with Crippen LogP contribution < -0.4 is 9.47 Å². The highest BCUT2D eigenvalue weighted by molar-refractivity contribution is 6.08. The fraction of sp³-hybridized carbons (Fsp3) is 0.192. The zero-order chi connectivity index (χ0) is 24.9. The first-order valence-corrected chi connectivity index (χ1v) is 11.0. The summed E-state index contributed by atoms with van der Waals surface area (Å²) >= 11 is 0. The summed E-state index contributed by atoms with van der Waals surface area (Å²) in [6.45, 7) is 3.94. The van der Waals surface area contributed by atoms with Crippen molar-refractivity contribution in [1.82, 2.24) is 0 Å². The predicted octanol–water partition coefficient (Wildman–Crippen LogP) is 4.49. The van der Waals surface area contributed by atoms with Gasteiger partial charge in [0, 0.05) is 5.56 Å². The zero-order valence-corrected chi connectivity index (χ0v) is 18.9. The largest absolute Gasteiger partial charge is 0.500 e. The van der Waals surface area contributed by atoms with Crippen LogP contribution in [-0.2, 0) is 14.3 Å². The highest BCUT2D eigenvalue weighted by Crippen LogP contribution is 2.32. The lowest BCUT2D eigenvalue weighted by Gasteiger charge is -2.26. The third-order valence-electron chi connectivity index (χ3n) is 5.47. The molecule has 0 N–H and O–H groups in total. The second-order valence-corrected chi connectivity index (χ2v) is 7.78. The Morgan fingerprint density at radius 3 is 2.20 bits per heavy atom. The average Bonchev–Trinajstić information content (AvgIpc) is 2.88. The highest BCUT2D eigenvalue weighted by Gasteiger charge is 2.28. The van der Waals surface area contributed by atoms with Gasteiger partial charge in [-0.3, -0.25) is 4.79 Å². The Morgan fingerprint density at radius 1 is 0.943 bits per heavy atom. The van der Waals surface area contributed by atoms with Gasteiger partial charge >= 0.3 is 5.97 Å². The minimum atomic E-state index is -1.05. The maximum absolute atomic E-state index is 14.7. The number of halogens is 3. The molecule has 1 aliphatic heterocycles. The molecule has 0 spiro atoms. The van der Waals surface area contributed by atoms with Crippen molar-refractivity contribution in [2.24, 2.45) is 5.92 Å². The third-order valence-corrected chi connectivity index (χ3v) is 5.47. The SMILES string of the molecule is BCOc1ccc(-c2ccc(-c3ccc(OC(=O)C4COC(C=C)OC4)c(F)c3)cc2)c(F)c1F. The van der Waals surface area contributed by atoms with E-state index in [2.05, 4.69) is 6.58 Å². The Balaban J connectivity index is 1.47. The van der Waals surface area contributed by atoms with E-state index in [1.807, 2.05) is 0 Å². The molecule has 0 radical (unpaired) electrons. The number of hydrogen-bond donors (Lipinski definition) is 0. The van der Waals surface area contributed by atoms with Crippen molar-refractivity contribution >= 4 is 13.8 Å². The van der Waals surface area contributed by atoms with Gasteiger partial charge in [0.15, 0.2) is 37.3 Å². The molecule has 35 heavy (non-hydrogen) atoms. The molecule has 0 saturated carbocycles. The second kappa shape index (κ2) is 10.8. The fourth-order valence-electron chi connectivity index (χ4n) is 3.61. The number of esters is 1. The van der Waals surface area contributed by atoms with E-state index in [1.165, 1.54) is 30.3 Å². The van der Waals surface area contributed by atoms with E-state index in [0.717, 1.165) is 0 Å². The summed E-state index contributed by atoms with van der Waals surface area (Å²) in [4.78, 5) is 12.3. The Morgan fingerprint density at radius 2 is 1.57 bits per heavy atom. The average molecular weight is 482 g/mol. The Hall–Kier alpha value is -3.56. The monoisotopic (exact) mass is 482 g/mol. The summed E-state index contributed by atoms with van der Waals surface area (Å²) in [5, 5.41) is 0. The third kappa shape index (κ3) is 5.42. The number of hydrogen-bond acceptors (Lipinski definition) is 5. The number of rotatable bonds is 7. The predicted molar refractivity (Wildman–Crippen MR) is 126 cm³/mol. The van der Waals surface area contributed by atoms with Gasteiger partial charge in [-0.1, -0.05) is 36.9 Å². The number of benzene rings is 3. The summed E-state index contributed by atoms with van der Waals surface area (Å²) in [5.74, 6) is -4.47. The summed E-state index contributed by atoms with van der Waals surface area (Å²) in [7, 11) is 1.68. The molecule has 1 saturated heterocycles. The van der Waals surface area contributed by atoms with Crippen LogP contribution in [0.5, 0.6) is 11.5 Å². The summed E-state index contributed by atoms with van der Waals surface area (Å²) < 4.78 is 64.2. The molecule has 5 nitrogen and oxygen atoms in total. The zero-order valence-electron chi connectivity index (χ0n) is 18.9. The van der Waals surface area contributed by atoms with Gasteiger partial charge in [0.2, 0.25) is 5.82 Å². The molecule has 3 aromatic carbocycles. The van der Waals surface area contributed by atoms with Crippen LogP contribution in [0.1, 0.15) is 0 Å². The van der Waals surface area contributed by atoms with Crippen LogP contribution in [0.4, 0.5) is 13.2 Å². The number of carbonyl (C=O) groups excluding carboxylic acids is 1. The van der Waals surface area contributed by atoms with E-state index in [0.29, 0.717) is 16.7 Å². The summed E-state index contributed by atoms with van der Waals surface area (Å²) in [6.07, 6.45) is 0.894. The Labute approximate surface area is 201 Å². The van der Waals surface area contributed by atoms with Crippen LogP contribution in [0.15, 0.2) is 67.3 Å². The number of ether oxygens (including phenoxy) is 4. The van der Waals surface area contributed by atoms with Crippen molar-refractivity contribution in [2.75, 3.05) is 19.7 Å². The highest BCUT2D eigenvalue weighted by atomic mass is 19.2. The lowest BCUT2D eigenvalue weighted by molar-refractivity contribution is -0.187. The summed E-state index contributed by atoms with van der Waals surface area (Å²) in [6, 6.07) is 13.6. The Bertz CT molecular complexity index is 1220. The van der Waals surface area contributed by atoms with Crippen LogP contribution in [0.25, 0.3) is 22.3 Å². The molecule has 0 atom stereocenters. The van der Waals surface area contributed by atoms with E-state index < -0.39 is 35.6 Å². The summed E-state index contributed by atoms with van der Waals surface area (Å²) in [5.41, 5.74) is 1.70. The molecule has 1 heterocycles. The molecule has 0 amide bonds. The van der Waals surface area contributed by atoms with Crippen molar-refractivity contribution in [3.63, 3.8) is 0 Å². The van der Waals surface area contributed by atoms with Crippen LogP contribution in [0.3, 0.4) is 0 Å². The van der Waals surface area contributed by atoms with E-state index in [4.69, 9.17) is 18.9 Å². The molecule has 1 fully saturated rings. The molecular weight excluding hydrogens is 460 g/mol.